The van der Waals surface area contributed by atoms with Crippen LogP contribution in [-0.4, -0.2) is 24.9 Å². The van der Waals surface area contributed by atoms with E-state index in [-0.39, 0.29) is 11.8 Å². The molecule has 0 bridgehead atoms. The Morgan fingerprint density at radius 3 is 2.76 bits per heavy atom. The van der Waals surface area contributed by atoms with Gasteiger partial charge in [0.1, 0.15) is 17.4 Å². The van der Waals surface area contributed by atoms with Gasteiger partial charge < -0.3 is 10.4 Å². The number of hydrogen-bond donors (Lipinski definition) is 2. The van der Waals surface area contributed by atoms with Crippen molar-refractivity contribution < 1.29 is 5.11 Å². The van der Waals surface area contributed by atoms with Gasteiger partial charge in [0.2, 0.25) is 0 Å². The van der Waals surface area contributed by atoms with E-state index in [1.54, 1.807) is 23.0 Å². The molecule has 0 saturated heterocycles. The normalized spacial score (nSPS) is 12.5. The smallest absolute Gasteiger partial charge is 0.163 e. The van der Waals surface area contributed by atoms with Crippen molar-refractivity contribution in [2.24, 2.45) is 7.05 Å². The van der Waals surface area contributed by atoms with Gasteiger partial charge in [-0.25, -0.2) is 9.97 Å². The first-order valence-electron chi connectivity index (χ1n) is 6.77. The molecule has 0 aliphatic carbocycles. The fourth-order valence-corrected chi connectivity index (χ4v) is 2.38. The summed E-state index contributed by atoms with van der Waals surface area (Å²) < 4.78 is 1.72. The molecule has 3 aromatic rings. The first kappa shape index (κ1) is 13.4. The van der Waals surface area contributed by atoms with Gasteiger partial charge in [0.25, 0.3) is 0 Å². The zero-order chi connectivity index (χ0) is 15.0. The number of rotatable bonds is 3. The SMILES string of the molecule is Cc1nc(NC(C)c2ccccc2O)c2cnn(C)c2n1. The second-order valence-electron chi connectivity index (χ2n) is 5.05. The van der Waals surface area contributed by atoms with E-state index in [9.17, 15) is 5.11 Å². The number of anilines is 1. The monoisotopic (exact) mass is 283 g/mol. The Hall–Kier alpha value is -2.63. The highest BCUT2D eigenvalue weighted by Gasteiger charge is 2.14. The van der Waals surface area contributed by atoms with Crippen LogP contribution in [0.25, 0.3) is 11.0 Å². The average Bonchev–Trinajstić information content (AvgIpc) is 2.81. The summed E-state index contributed by atoms with van der Waals surface area (Å²) in [4.78, 5) is 8.85. The maximum absolute atomic E-state index is 9.94. The molecule has 0 aliphatic heterocycles. The number of aromatic nitrogens is 4. The van der Waals surface area contributed by atoms with Crippen molar-refractivity contribution in [3.63, 3.8) is 0 Å². The number of nitrogens with one attached hydrogen (secondary N) is 1. The van der Waals surface area contributed by atoms with Gasteiger partial charge in [0.05, 0.1) is 17.6 Å². The number of phenolic OH excluding ortho intramolecular Hbond substituents is 1. The van der Waals surface area contributed by atoms with Crippen molar-refractivity contribution >= 4 is 16.9 Å². The summed E-state index contributed by atoms with van der Waals surface area (Å²) >= 11 is 0. The van der Waals surface area contributed by atoms with E-state index in [2.05, 4.69) is 20.4 Å². The van der Waals surface area contributed by atoms with E-state index in [1.165, 1.54) is 0 Å². The van der Waals surface area contributed by atoms with Crippen molar-refractivity contribution in [1.29, 1.82) is 0 Å². The van der Waals surface area contributed by atoms with E-state index >= 15 is 0 Å². The predicted molar refractivity (Wildman–Crippen MR) is 81.2 cm³/mol. The molecule has 0 radical (unpaired) electrons. The Balaban J connectivity index is 2.00. The van der Waals surface area contributed by atoms with Gasteiger partial charge in [-0.05, 0) is 19.9 Å². The van der Waals surface area contributed by atoms with Crippen LogP contribution in [0.2, 0.25) is 0 Å². The number of hydrogen-bond acceptors (Lipinski definition) is 5. The predicted octanol–water partition coefficient (Wildman–Crippen LogP) is 2.55. The van der Waals surface area contributed by atoms with Gasteiger partial charge in [0.15, 0.2) is 5.65 Å². The lowest BCUT2D eigenvalue weighted by Gasteiger charge is -2.16. The third kappa shape index (κ3) is 2.40. The number of benzene rings is 1. The van der Waals surface area contributed by atoms with Crippen molar-refractivity contribution in [3.8, 4) is 5.75 Å². The summed E-state index contributed by atoms with van der Waals surface area (Å²) in [5, 5.41) is 18.4. The lowest BCUT2D eigenvalue weighted by molar-refractivity contribution is 0.465. The third-order valence-corrected chi connectivity index (χ3v) is 3.46. The van der Waals surface area contributed by atoms with Crippen molar-refractivity contribution in [1.82, 2.24) is 19.7 Å². The van der Waals surface area contributed by atoms with Crippen LogP contribution in [0.5, 0.6) is 5.75 Å². The molecule has 0 saturated carbocycles. The van der Waals surface area contributed by atoms with Crippen LogP contribution in [0.3, 0.4) is 0 Å². The van der Waals surface area contributed by atoms with Gasteiger partial charge in [0, 0.05) is 12.6 Å². The minimum Gasteiger partial charge on any atom is -0.508 e. The molecule has 2 N–H and O–H groups in total. The summed E-state index contributed by atoms with van der Waals surface area (Å²) in [6.07, 6.45) is 1.74. The number of nitrogens with zero attached hydrogens (tertiary/aromatic N) is 4. The molecular formula is C15H17N5O. The van der Waals surface area contributed by atoms with Crippen LogP contribution < -0.4 is 5.32 Å². The Morgan fingerprint density at radius 2 is 2.00 bits per heavy atom. The highest BCUT2D eigenvalue weighted by atomic mass is 16.3. The highest BCUT2D eigenvalue weighted by molar-refractivity contribution is 5.86. The first-order valence-corrected chi connectivity index (χ1v) is 6.77. The second-order valence-corrected chi connectivity index (χ2v) is 5.05. The zero-order valence-electron chi connectivity index (χ0n) is 12.2. The van der Waals surface area contributed by atoms with Gasteiger partial charge in [-0.15, -0.1) is 0 Å². The molecule has 0 amide bonds. The number of aromatic hydroxyl groups is 1. The molecule has 1 aromatic carbocycles. The van der Waals surface area contributed by atoms with Crippen LogP contribution in [0.1, 0.15) is 24.4 Å². The quantitative estimate of drug-likeness (QED) is 0.772. The minimum absolute atomic E-state index is 0.0797. The van der Waals surface area contributed by atoms with Crippen LogP contribution in [0, 0.1) is 6.92 Å². The van der Waals surface area contributed by atoms with E-state index in [0.717, 1.165) is 22.4 Å². The summed E-state index contributed by atoms with van der Waals surface area (Å²) in [5.41, 5.74) is 1.61. The maximum atomic E-state index is 9.94. The van der Waals surface area contributed by atoms with E-state index in [0.29, 0.717) is 5.82 Å². The van der Waals surface area contributed by atoms with Crippen molar-refractivity contribution in [2.45, 2.75) is 19.9 Å². The number of phenols is 1. The van der Waals surface area contributed by atoms with Gasteiger partial charge >= 0.3 is 0 Å². The summed E-state index contributed by atoms with van der Waals surface area (Å²) in [5.74, 6) is 1.67. The van der Waals surface area contributed by atoms with Crippen LogP contribution in [0.15, 0.2) is 30.5 Å². The lowest BCUT2D eigenvalue weighted by Crippen LogP contribution is -2.09. The van der Waals surface area contributed by atoms with E-state index in [4.69, 9.17) is 0 Å². The van der Waals surface area contributed by atoms with E-state index < -0.39 is 0 Å². The lowest BCUT2D eigenvalue weighted by atomic mass is 10.1. The fraction of sp³-hybridized carbons (Fsp3) is 0.267. The summed E-state index contributed by atoms with van der Waals surface area (Å²) in [6, 6.07) is 7.20. The summed E-state index contributed by atoms with van der Waals surface area (Å²) in [6.45, 7) is 3.83. The Bertz CT molecular complexity index is 796. The molecule has 3 rings (SSSR count). The standard InChI is InChI=1S/C15H17N5O/c1-9(11-6-4-5-7-13(11)21)17-14-12-8-16-20(3)15(12)19-10(2)18-14/h4-9,21H,1-3H3,(H,17,18,19). The van der Waals surface area contributed by atoms with Crippen molar-refractivity contribution in [2.75, 3.05) is 5.32 Å². The van der Waals surface area contributed by atoms with E-state index in [1.807, 2.05) is 33.0 Å². The Kier molecular flexibility index (Phi) is 3.21. The molecule has 2 aromatic heterocycles. The molecule has 1 atom stereocenters. The first-order chi connectivity index (χ1) is 10.1. The van der Waals surface area contributed by atoms with Crippen molar-refractivity contribution in [3.05, 3.63) is 41.9 Å². The molecule has 21 heavy (non-hydrogen) atoms. The molecule has 6 heteroatoms. The van der Waals surface area contributed by atoms with Gasteiger partial charge in [-0.2, -0.15) is 5.10 Å². The number of fused-ring (bicyclic) bond motifs is 1. The fourth-order valence-electron chi connectivity index (χ4n) is 2.38. The van der Waals surface area contributed by atoms with Crippen LogP contribution >= 0.6 is 0 Å². The molecular weight excluding hydrogens is 266 g/mol. The molecule has 1 unspecified atom stereocenters. The molecule has 0 aliphatic rings. The van der Waals surface area contributed by atoms with Crippen LogP contribution in [0.4, 0.5) is 5.82 Å². The highest BCUT2D eigenvalue weighted by Crippen LogP contribution is 2.28. The zero-order valence-corrected chi connectivity index (χ0v) is 12.2. The maximum Gasteiger partial charge on any atom is 0.163 e. The largest absolute Gasteiger partial charge is 0.508 e. The van der Waals surface area contributed by atoms with Crippen LogP contribution in [-0.2, 0) is 7.05 Å². The molecule has 6 nitrogen and oxygen atoms in total. The van der Waals surface area contributed by atoms with Gasteiger partial charge in [-0.1, -0.05) is 18.2 Å². The third-order valence-electron chi connectivity index (χ3n) is 3.46. The molecule has 108 valence electrons. The second kappa shape index (κ2) is 5.05. The Labute approximate surface area is 122 Å². The topological polar surface area (TPSA) is 75.9 Å². The molecule has 0 spiro atoms. The molecule has 0 fully saturated rings. The average molecular weight is 283 g/mol. The van der Waals surface area contributed by atoms with Gasteiger partial charge in [-0.3, -0.25) is 4.68 Å². The number of aryl methyl sites for hydroxylation is 2. The minimum atomic E-state index is -0.0797. The summed E-state index contributed by atoms with van der Waals surface area (Å²) in [7, 11) is 1.85. The Morgan fingerprint density at radius 1 is 1.24 bits per heavy atom. The molecule has 2 heterocycles. The number of para-hydroxylation sites is 1.